The molecule has 0 unspecified atom stereocenters. The fourth-order valence-electron chi connectivity index (χ4n) is 3.30. The molecule has 2 aromatic rings. The van der Waals surface area contributed by atoms with Gasteiger partial charge in [0.15, 0.2) is 0 Å². The summed E-state index contributed by atoms with van der Waals surface area (Å²) in [4.78, 5) is 30.0. The van der Waals surface area contributed by atoms with Crippen LogP contribution in [0, 0.1) is 0 Å². The maximum absolute atomic E-state index is 13.2. The summed E-state index contributed by atoms with van der Waals surface area (Å²) in [6, 6.07) is 12.8. The number of esters is 1. The van der Waals surface area contributed by atoms with Crippen molar-refractivity contribution >= 4 is 45.7 Å². The third-order valence-electron chi connectivity index (χ3n) is 4.96. The van der Waals surface area contributed by atoms with E-state index in [-0.39, 0.29) is 18.3 Å². The molecule has 0 aromatic heterocycles. The Bertz CT molecular complexity index is 1100. The molecule has 8 nitrogen and oxygen atoms in total. The van der Waals surface area contributed by atoms with Crippen molar-refractivity contribution in [3.63, 3.8) is 0 Å². The number of carbonyl (C=O) groups excluding carboxylic acids is 2. The van der Waals surface area contributed by atoms with Gasteiger partial charge in [-0.2, -0.15) is 0 Å². The predicted molar refractivity (Wildman–Crippen MR) is 136 cm³/mol. The number of rotatable bonds is 9. The summed E-state index contributed by atoms with van der Waals surface area (Å²) >= 11 is 1.33. The van der Waals surface area contributed by atoms with E-state index < -0.39 is 5.25 Å². The number of anilines is 2. The number of aliphatic imine (C=N–C) groups is 1. The van der Waals surface area contributed by atoms with Crippen LogP contribution in [0.2, 0.25) is 0 Å². The number of nitrogens with one attached hydrogen (secondary N) is 2. The van der Waals surface area contributed by atoms with Crippen molar-refractivity contribution in [2.75, 3.05) is 31.5 Å². The van der Waals surface area contributed by atoms with Crippen LogP contribution < -0.4 is 20.1 Å². The van der Waals surface area contributed by atoms with Crippen LogP contribution in [0.25, 0.3) is 0 Å². The average Bonchev–Trinajstić information content (AvgIpc) is 3.00. The zero-order valence-electron chi connectivity index (χ0n) is 19.7. The lowest BCUT2D eigenvalue weighted by Crippen LogP contribution is -2.26. The fraction of sp³-hybridized carbons (Fsp3) is 0.320. The van der Waals surface area contributed by atoms with E-state index in [9.17, 15) is 9.59 Å². The van der Waals surface area contributed by atoms with Crippen LogP contribution >= 0.6 is 11.8 Å². The highest BCUT2D eigenvalue weighted by molar-refractivity contribution is 8.15. The zero-order valence-corrected chi connectivity index (χ0v) is 20.5. The van der Waals surface area contributed by atoms with E-state index in [0.29, 0.717) is 41.0 Å². The molecule has 0 saturated carbocycles. The first-order chi connectivity index (χ1) is 16.5. The molecule has 1 aliphatic heterocycles. The summed E-state index contributed by atoms with van der Waals surface area (Å²) in [6.45, 7) is 4.02. The smallest absolute Gasteiger partial charge is 0.311 e. The van der Waals surface area contributed by atoms with Gasteiger partial charge in [0.1, 0.15) is 11.5 Å². The van der Waals surface area contributed by atoms with Crippen LogP contribution in [0.15, 0.2) is 59.2 Å². The number of thioether (sulfide) groups is 1. The maximum atomic E-state index is 13.2. The van der Waals surface area contributed by atoms with Gasteiger partial charge in [0.05, 0.1) is 54.6 Å². The third-order valence-corrected chi connectivity index (χ3v) is 6.24. The van der Waals surface area contributed by atoms with Gasteiger partial charge in [0, 0.05) is 11.8 Å². The van der Waals surface area contributed by atoms with Crippen LogP contribution in [0.5, 0.6) is 11.5 Å². The van der Waals surface area contributed by atoms with Gasteiger partial charge in [-0.3, -0.25) is 9.59 Å². The molecule has 0 saturated heterocycles. The summed E-state index contributed by atoms with van der Waals surface area (Å²) in [5.41, 5.74) is 2.69. The van der Waals surface area contributed by atoms with Crippen molar-refractivity contribution in [3.8, 4) is 11.5 Å². The minimum Gasteiger partial charge on any atom is -0.497 e. The standard InChI is InChI=1S/C25H29N3O5S/c1-5-22(25(30)28-20-15-17(31-3)11-12-21(20)32-4)34-23-13-16(14-24(29)33-6-2)26-18-9-7-8-10-19(18)27-23/h7-13,15,22,26H,5-6,14H2,1-4H3,(H,28,30)/t22-/m1/s1. The zero-order chi connectivity index (χ0) is 24.5. The molecular formula is C25H29N3O5S. The van der Waals surface area contributed by atoms with Crippen molar-refractivity contribution in [1.29, 1.82) is 0 Å². The molecule has 1 heterocycles. The summed E-state index contributed by atoms with van der Waals surface area (Å²) in [7, 11) is 3.11. The fourth-order valence-corrected chi connectivity index (χ4v) is 4.29. The molecule has 1 atom stereocenters. The number of carbonyl (C=O) groups is 2. The maximum Gasteiger partial charge on any atom is 0.311 e. The first-order valence-corrected chi connectivity index (χ1v) is 11.9. The molecule has 2 aromatic carbocycles. The molecule has 1 amide bonds. The van der Waals surface area contributed by atoms with Crippen LogP contribution in [0.3, 0.4) is 0 Å². The number of para-hydroxylation sites is 2. The lowest BCUT2D eigenvalue weighted by molar-refractivity contribution is -0.142. The Morgan fingerprint density at radius 1 is 1.12 bits per heavy atom. The van der Waals surface area contributed by atoms with Crippen LogP contribution in [-0.2, 0) is 14.3 Å². The van der Waals surface area contributed by atoms with Gasteiger partial charge in [-0.05, 0) is 43.7 Å². The number of benzene rings is 2. The number of ether oxygens (including phenoxy) is 3. The Morgan fingerprint density at radius 3 is 2.62 bits per heavy atom. The molecule has 34 heavy (non-hydrogen) atoms. The molecule has 0 radical (unpaired) electrons. The van der Waals surface area contributed by atoms with Crippen molar-refractivity contribution in [1.82, 2.24) is 0 Å². The van der Waals surface area contributed by atoms with Gasteiger partial charge < -0.3 is 24.8 Å². The molecule has 1 aliphatic rings. The summed E-state index contributed by atoms with van der Waals surface area (Å²) in [5.74, 6) is 0.627. The van der Waals surface area contributed by atoms with Gasteiger partial charge in [-0.25, -0.2) is 4.99 Å². The molecule has 0 bridgehead atoms. The van der Waals surface area contributed by atoms with Crippen molar-refractivity contribution < 1.29 is 23.8 Å². The van der Waals surface area contributed by atoms with Crippen LogP contribution in [-0.4, -0.2) is 43.0 Å². The topological polar surface area (TPSA) is 98.3 Å². The first kappa shape index (κ1) is 25.2. The normalized spacial score (nSPS) is 13.3. The Kier molecular flexibility index (Phi) is 8.98. The van der Waals surface area contributed by atoms with E-state index in [1.807, 2.05) is 31.2 Å². The minimum absolute atomic E-state index is 0.0751. The third kappa shape index (κ3) is 6.54. The molecular weight excluding hydrogens is 454 g/mol. The number of methoxy groups -OCH3 is 2. The van der Waals surface area contributed by atoms with Crippen LogP contribution in [0.4, 0.5) is 17.1 Å². The number of hydrogen-bond donors (Lipinski definition) is 2. The van der Waals surface area contributed by atoms with E-state index in [2.05, 4.69) is 10.6 Å². The molecule has 2 N–H and O–H groups in total. The molecule has 0 spiro atoms. The molecule has 0 aliphatic carbocycles. The highest BCUT2D eigenvalue weighted by Gasteiger charge is 2.23. The Morgan fingerprint density at radius 2 is 1.91 bits per heavy atom. The largest absolute Gasteiger partial charge is 0.497 e. The van der Waals surface area contributed by atoms with E-state index in [4.69, 9.17) is 19.2 Å². The second-order valence-corrected chi connectivity index (χ2v) is 8.54. The first-order valence-electron chi connectivity index (χ1n) is 11.0. The van der Waals surface area contributed by atoms with E-state index in [1.165, 1.54) is 11.8 Å². The van der Waals surface area contributed by atoms with E-state index >= 15 is 0 Å². The summed E-state index contributed by atoms with van der Waals surface area (Å²) in [6.07, 6.45) is 2.44. The van der Waals surface area contributed by atoms with Gasteiger partial charge >= 0.3 is 5.97 Å². The van der Waals surface area contributed by atoms with Gasteiger partial charge in [-0.15, -0.1) is 0 Å². The number of amides is 1. The Hall–Kier alpha value is -3.46. The Balaban J connectivity index is 1.84. The monoisotopic (exact) mass is 483 g/mol. The summed E-state index contributed by atoms with van der Waals surface area (Å²) in [5, 5.41) is 6.40. The SMILES string of the molecule is CCOC(=O)CC1=CC(S[C@H](CC)C(=O)Nc2cc(OC)ccc2OC)=Nc2ccccc2N1. The number of nitrogens with zero attached hydrogens (tertiary/aromatic N) is 1. The van der Waals surface area contributed by atoms with Crippen LogP contribution in [0.1, 0.15) is 26.7 Å². The average molecular weight is 484 g/mol. The second kappa shape index (κ2) is 12.1. The molecule has 0 fully saturated rings. The van der Waals surface area contributed by atoms with E-state index in [0.717, 1.165) is 11.4 Å². The van der Waals surface area contributed by atoms with Gasteiger partial charge in [0.25, 0.3) is 0 Å². The number of fused-ring (bicyclic) bond motifs is 1. The van der Waals surface area contributed by atoms with Crippen molar-refractivity contribution in [2.45, 2.75) is 31.9 Å². The van der Waals surface area contributed by atoms with Crippen molar-refractivity contribution in [2.24, 2.45) is 4.99 Å². The molecule has 180 valence electrons. The summed E-state index contributed by atoms with van der Waals surface area (Å²) < 4.78 is 15.7. The lowest BCUT2D eigenvalue weighted by atomic mass is 10.2. The molecule has 3 rings (SSSR count). The Labute approximate surface area is 203 Å². The predicted octanol–water partition coefficient (Wildman–Crippen LogP) is 5.15. The number of hydrogen-bond acceptors (Lipinski definition) is 8. The highest BCUT2D eigenvalue weighted by atomic mass is 32.2. The second-order valence-electron chi connectivity index (χ2n) is 7.31. The van der Waals surface area contributed by atoms with Crippen molar-refractivity contribution in [3.05, 3.63) is 54.2 Å². The minimum atomic E-state index is -0.431. The van der Waals surface area contributed by atoms with E-state index in [1.54, 1.807) is 45.4 Å². The molecule has 9 heteroatoms. The highest BCUT2D eigenvalue weighted by Crippen LogP contribution is 2.34. The quantitative estimate of drug-likeness (QED) is 0.476. The van der Waals surface area contributed by atoms with Gasteiger partial charge in [-0.1, -0.05) is 30.8 Å². The lowest BCUT2D eigenvalue weighted by Gasteiger charge is -2.17. The van der Waals surface area contributed by atoms with Gasteiger partial charge in [0.2, 0.25) is 5.91 Å².